The molecular weight excluding hydrogens is 365 g/mol. The molecule has 1 aromatic carbocycles. The molecule has 3 aromatic rings. The Morgan fingerprint density at radius 3 is 2.93 bits per heavy atom. The molecule has 146 valence electrons. The first kappa shape index (κ1) is 18.2. The predicted molar refractivity (Wildman–Crippen MR) is 97.7 cm³/mol. The van der Waals surface area contributed by atoms with Crippen LogP contribution in [0, 0.1) is 12.7 Å². The summed E-state index contributed by atoms with van der Waals surface area (Å²) in [4.78, 5) is 12.7. The molecule has 28 heavy (non-hydrogen) atoms. The van der Waals surface area contributed by atoms with Gasteiger partial charge in [0.1, 0.15) is 11.9 Å². The molecule has 2 atom stereocenters. The van der Waals surface area contributed by atoms with E-state index >= 15 is 0 Å². The van der Waals surface area contributed by atoms with E-state index in [9.17, 15) is 14.3 Å². The van der Waals surface area contributed by atoms with E-state index in [-0.39, 0.29) is 29.4 Å². The first-order valence-electron chi connectivity index (χ1n) is 8.88. The molecule has 1 aliphatic rings. The number of hydrogen-bond donors (Lipinski definition) is 2. The zero-order valence-corrected chi connectivity index (χ0v) is 15.5. The van der Waals surface area contributed by atoms with Crippen molar-refractivity contribution >= 4 is 5.91 Å². The van der Waals surface area contributed by atoms with Crippen LogP contribution in [-0.2, 0) is 11.8 Å². The van der Waals surface area contributed by atoms with Gasteiger partial charge in [0.15, 0.2) is 11.4 Å². The van der Waals surface area contributed by atoms with Gasteiger partial charge in [0.25, 0.3) is 5.91 Å². The van der Waals surface area contributed by atoms with Crippen LogP contribution in [0.4, 0.5) is 4.39 Å². The van der Waals surface area contributed by atoms with Crippen LogP contribution in [-0.4, -0.2) is 43.2 Å². The van der Waals surface area contributed by atoms with Crippen LogP contribution in [0.5, 0.6) is 5.75 Å². The Kier molecular flexibility index (Phi) is 4.60. The number of nitrogens with zero attached hydrogens (tertiary/aromatic N) is 4. The van der Waals surface area contributed by atoms with E-state index < -0.39 is 5.91 Å². The fourth-order valence-electron chi connectivity index (χ4n) is 3.42. The molecule has 2 N–H and O–H groups in total. The fraction of sp³-hybridized carbons (Fsp3) is 0.316. The van der Waals surface area contributed by atoms with Gasteiger partial charge < -0.3 is 15.2 Å². The molecule has 1 saturated heterocycles. The third-order valence-electron chi connectivity index (χ3n) is 4.78. The first-order chi connectivity index (χ1) is 13.4. The van der Waals surface area contributed by atoms with Crippen LogP contribution in [0.15, 0.2) is 36.8 Å². The largest absolute Gasteiger partial charge is 0.504 e. The number of ether oxygens (including phenoxy) is 1. The van der Waals surface area contributed by atoms with Gasteiger partial charge in [0.05, 0.1) is 24.1 Å². The van der Waals surface area contributed by atoms with E-state index in [0.29, 0.717) is 24.3 Å². The molecular formula is C19H20FN5O3. The van der Waals surface area contributed by atoms with Crippen LogP contribution in [0.2, 0.25) is 0 Å². The standard InChI is InChI=1S/C19H20FN5O3/c1-11-7-13(20)3-4-15(11)25-10-16(26)17(23-25)19(27)22-14-5-6-28-18(14)12-8-21-24(2)9-12/h3-4,7-10,14,18,26H,5-6H2,1-2H3,(H,22,27)/t14-,18+/m1/s1. The van der Waals surface area contributed by atoms with Gasteiger partial charge >= 0.3 is 0 Å². The van der Waals surface area contributed by atoms with Gasteiger partial charge in [0, 0.05) is 25.4 Å². The highest BCUT2D eigenvalue weighted by Gasteiger charge is 2.33. The highest BCUT2D eigenvalue weighted by Crippen LogP contribution is 2.29. The number of carbonyl (C=O) groups is 1. The third-order valence-corrected chi connectivity index (χ3v) is 4.78. The minimum atomic E-state index is -0.500. The van der Waals surface area contributed by atoms with Crippen molar-refractivity contribution < 1.29 is 19.0 Å². The molecule has 8 nitrogen and oxygen atoms in total. The van der Waals surface area contributed by atoms with E-state index in [1.54, 1.807) is 23.9 Å². The third kappa shape index (κ3) is 3.36. The molecule has 0 unspecified atom stereocenters. The second-order valence-electron chi connectivity index (χ2n) is 6.85. The van der Waals surface area contributed by atoms with Crippen LogP contribution in [0.1, 0.15) is 34.1 Å². The van der Waals surface area contributed by atoms with Crippen molar-refractivity contribution in [3.05, 3.63) is 59.4 Å². The zero-order chi connectivity index (χ0) is 19.8. The van der Waals surface area contributed by atoms with Crippen molar-refractivity contribution in [1.82, 2.24) is 24.9 Å². The van der Waals surface area contributed by atoms with Gasteiger partial charge in [-0.25, -0.2) is 9.07 Å². The summed E-state index contributed by atoms with van der Waals surface area (Å²) in [7, 11) is 1.81. The Hall–Kier alpha value is -3.20. The van der Waals surface area contributed by atoms with E-state index in [0.717, 1.165) is 5.56 Å². The maximum atomic E-state index is 13.3. The number of benzene rings is 1. The number of rotatable bonds is 4. The molecule has 1 fully saturated rings. The quantitative estimate of drug-likeness (QED) is 0.717. The van der Waals surface area contributed by atoms with Crippen molar-refractivity contribution in [3.8, 4) is 11.4 Å². The number of aryl methyl sites for hydroxylation is 2. The second-order valence-corrected chi connectivity index (χ2v) is 6.85. The number of halogens is 1. The smallest absolute Gasteiger partial charge is 0.275 e. The molecule has 0 aliphatic carbocycles. The summed E-state index contributed by atoms with van der Waals surface area (Å²) in [6.45, 7) is 2.24. The number of carbonyl (C=O) groups excluding carboxylic acids is 1. The minimum absolute atomic E-state index is 0.0967. The molecule has 4 rings (SSSR count). The monoisotopic (exact) mass is 385 g/mol. The van der Waals surface area contributed by atoms with E-state index in [1.807, 2.05) is 13.2 Å². The molecule has 1 aliphatic heterocycles. The van der Waals surface area contributed by atoms with E-state index in [4.69, 9.17) is 4.74 Å². The van der Waals surface area contributed by atoms with Gasteiger partial charge in [-0.3, -0.25) is 9.48 Å². The lowest BCUT2D eigenvalue weighted by Gasteiger charge is -2.18. The van der Waals surface area contributed by atoms with Crippen molar-refractivity contribution in [1.29, 1.82) is 0 Å². The van der Waals surface area contributed by atoms with Crippen molar-refractivity contribution in [2.24, 2.45) is 7.05 Å². The summed E-state index contributed by atoms with van der Waals surface area (Å²) in [5.74, 6) is -1.11. The maximum Gasteiger partial charge on any atom is 0.275 e. The van der Waals surface area contributed by atoms with Gasteiger partial charge in [-0.1, -0.05) is 0 Å². The molecule has 0 radical (unpaired) electrons. The minimum Gasteiger partial charge on any atom is -0.504 e. The molecule has 3 heterocycles. The van der Waals surface area contributed by atoms with Crippen molar-refractivity contribution in [2.45, 2.75) is 25.5 Å². The van der Waals surface area contributed by atoms with E-state index in [2.05, 4.69) is 15.5 Å². The number of hydrogen-bond acceptors (Lipinski definition) is 5. The molecule has 1 amide bonds. The Balaban J connectivity index is 1.54. The van der Waals surface area contributed by atoms with Gasteiger partial charge in [-0.2, -0.15) is 10.2 Å². The summed E-state index contributed by atoms with van der Waals surface area (Å²) in [6, 6.07) is 3.95. The number of aromatic nitrogens is 4. The van der Waals surface area contributed by atoms with Gasteiger partial charge in [-0.15, -0.1) is 0 Å². The van der Waals surface area contributed by atoms with E-state index in [1.165, 1.54) is 23.0 Å². The highest BCUT2D eigenvalue weighted by molar-refractivity contribution is 5.95. The Morgan fingerprint density at radius 1 is 1.39 bits per heavy atom. The van der Waals surface area contributed by atoms with Crippen molar-refractivity contribution in [3.63, 3.8) is 0 Å². The van der Waals surface area contributed by atoms with Crippen LogP contribution < -0.4 is 5.32 Å². The summed E-state index contributed by atoms with van der Waals surface area (Å²) in [6.07, 6.45) is 5.22. The molecule has 0 saturated carbocycles. The fourth-order valence-corrected chi connectivity index (χ4v) is 3.42. The number of nitrogens with one attached hydrogen (secondary N) is 1. The topological polar surface area (TPSA) is 94.2 Å². The zero-order valence-electron chi connectivity index (χ0n) is 15.5. The van der Waals surface area contributed by atoms with Gasteiger partial charge in [0.2, 0.25) is 0 Å². The second kappa shape index (κ2) is 7.08. The highest BCUT2D eigenvalue weighted by atomic mass is 19.1. The molecule has 2 aromatic heterocycles. The lowest BCUT2D eigenvalue weighted by atomic mass is 10.1. The molecule has 0 spiro atoms. The Morgan fingerprint density at radius 2 is 2.21 bits per heavy atom. The number of amides is 1. The summed E-state index contributed by atoms with van der Waals surface area (Å²) in [5.41, 5.74) is 1.99. The Bertz CT molecular complexity index is 1030. The van der Waals surface area contributed by atoms with Gasteiger partial charge in [-0.05, 0) is 37.1 Å². The van der Waals surface area contributed by atoms with Crippen LogP contribution >= 0.6 is 0 Å². The lowest BCUT2D eigenvalue weighted by Crippen LogP contribution is -2.37. The SMILES string of the molecule is Cc1cc(F)ccc1-n1cc(O)c(C(=O)N[C@@H]2CCO[C@H]2c2cnn(C)c2)n1. The average molecular weight is 385 g/mol. The lowest BCUT2D eigenvalue weighted by molar-refractivity contribution is 0.0815. The summed E-state index contributed by atoms with van der Waals surface area (Å²) in [5, 5.41) is 21.4. The first-order valence-corrected chi connectivity index (χ1v) is 8.88. The average Bonchev–Trinajstić information content (AvgIpc) is 3.35. The van der Waals surface area contributed by atoms with Crippen LogP contribution in [0.25, 0.3) is 5.69 Å². The summed E-state index contributed by atoms with van der Waals surface area (Å²) >= 11 is 0. The Labute approximate surface area is 160 Å². The van der Waals surface area contributed by atoms with Crippen molar-refractivity contribution in [2.75, 3.05) is 6.61 Å². The number of aromatic hydroxyl groups is 1. The predicted octanol–water partition coefficient (Wildman–Crippen LogP) is 2.02. The summed E-state index contributed by atoms with van der Waals surface area (Å²) < 4.78 is 22.1. The normalized spacial score (nSPS) is 19.1. The molecule has 9 heteroatoms. The molecule has 0 bridgehead atoms. The van der Waals surface area contributed by atoms with Crippen LogP contribution in [0.3, 0.4) is 0 Å². The maximum absolute atomic E-state index is 13.3.